The quantitative estimate of drug-likeness (QED) is 0.853. The lowest BCUT2D eigenvalue weighted by atomic mass is 9.75. The van der Waals surface area contributed by atoms with Crippen molar-refractivity contribution in [3.63, 3.8) is 0 Å². The van der Waals surface area contributed by atoms with Crippen molar-refractivity contribution in [1.29, 1.82) is 0 Å². The molecule has 0 aliphatic carbocycles. The fraction of sp³-hybridized carbons (Fsp3) is 0.556. The molecule has 2 fully saturated rings. The van der Waals surface area contributed by atoms with Crippen LogP contribution in [0.4, 0.5) is 14.7 Å². The summed E-state index contributed by atoms with van der Waals surface area (Å²) in [6.45, 7) is 4.07. The number of hydrogen-bond acceptors (Lipinski definition) is 5. The Bertz CT molecular complexity index is 736. The van der Waals surface area contributed by atoms with Crippen molar-refractivity contribution in [2.45, 2.75) is 32.2 Å². The second-order valence-corrected chi connectivity index (χ2v) is 7.18. The minimum atomic E-state index is -2.67. The van der Waals surface area contributed by atoms with Gasteiger partial charge in [0.05, 0.1) is 12.0 Å². The van der Waals surface area contributed by atoms with Gasteiger partial charge in [-0.05, 0) is 31.5 Å². The number of alkyl halides is 2. The Balaban J connectivity index is 1.52. The van der Waals surface area contributed by atoms with E-state index in [0.717, 1.165) is 11.5 Å². The molecule has 0 N–H and O–H groups in total. The van der Waals surface area contributed by atoms with Gasteiger partial charge in [0.15, 0.2) is 0 Å². The van der Waals surface area contributed by atoms with Crippen LogP contribution >= 0.6 is 0 Å². The number of aromatic nitrogens is 2. The lowest BCUT2D eigenvalue weighted by Gasteiger charge is -2.45. The number of likely N-dealkylation sites (tertiary alicyclic amines) is 1. The topological polar surface area (TPSA) is 45.4 Å². The summed E-state index contributed by atoms with van der Waals surface area (Å²) in [5.41, 5.74) is -1.05. The van der Waals surface area contributed by atoms with E-state index in [1.165, 1.54) is 0 Å². The lowest BCUT2D eigenvalue weighted by molar-refractivity contribution is -0.159. The van der Waals surface area contributed by atoms with Crippen molar-refractivity contribution in [2.24, 2.45) is 5.41 Å². The van der Waals surface area contributed by atoms with Gasteiger partial charge in [-0.25, -0.2) is 18.7 Å². The Hall–Kier alpha value is -2.02. The summed E-state index contributed by atoms with van der Waals surface area (Å²) in [6.07, 6.45) is 3.64. The third-order valence-corrected chi connectivity index (χ3v) is 5.41. The number of hydrogen-bond donors (Lipinski definition) is 0. The first kappa shape index (κ1) is 16.4. The number of furan rings is 1. The largest absolute Gasteiger partial charge is 0.465 e. The molecular weight excluding hydrogens is 326 g/mol. The molecule has 0 amide bonds. The summed E-state index contributed by atoms with van der Waals surface area (Å²) >= 11 is 0. The molecule has 2 aliphatic heterocycles. The fourth-order valence-corrected chi connectivity index (χ4v) is 4.04. The predicted molar refractivity (Wildman–Crippen MR) is 89.6 cm³/mol. The van der Waals surface area contributed by atoms with Gasteiger partial charge in [0.1, 0.15) is 11.5 Å². The zero-order valence-electron chi connectivity index (χ0n) is 14.3. The maximum absolute atomic E-state index is 14.9. The summed E-state index contributed by atoms with van der Waals surface area (Å²) < 4.78 is 35.3. The van der Waals surface area contributed by atoms with Crippen LogP contribution < -0.4 is 4.90 Å². The standard InChI is InChI=1S/C18H22F2N4O/c1-14-3-4-15(25-14)11-23-9-6-18(19,20)17(12-23)5-10-24(13-17)16-21-7-2-8-22-16/h2-4,7-8H,5-6,9-13H2,1H3/t17-/m0/s1. The van der Waals surface area contributed by atoms with Crippen molar-refractivity contribution in [3.05, 3.63) is 42.1 Å². The van der Waals surface area contributed by atoms with Crippen LogP contribution in [-0.2, 0) is 6.54 Å². The number of nitrogens with zero attached hydrogens (tertiary/aromatic N) is 4. The first-order valence-corrected chi connectivity index (χ1v) is 8.65. The van der Waals surface area contributed by atoms with E-state index in [-0.39, 0.29) is 13.0 Å². The van der Waals surface area contributed by atoms with Crippen LogP contribution in [0.15, 0.2) is 35.0 Å². The molecule has 0 aromatic carbocycles. The summed E-state index contributed by atoms with van der Waals surface area (Å²) in [5.74, 6) is -0.458. The molecule has 25 heavy (non-hydrogen) atoms. The number of rotatable bonds is 3. The molecular formula is C18H22F2N4O. The highest BCUT2D eigenvalue weighted by Crippen LogP contribution is 2.50. The number of aryl methyl sites for hydroxylation is 1. The number of halogens is 2. The highest BCUT2D eigenvalue weighted by Gasteiger charge is 2.59. The minimum Gasteiger partial charge on any atom is -0.465 e. The van der Waals surface area contributed by atoms with Crippen LogP contribution in [-0.4, -0.2) is 47.0 Å². The molecule has 7 heteroatoms. The fourth-order valence-electron chi connectivity index (χ4n) is 4.04. The van der Waals surface area contributed by atoms with Crippen molar-refractivity contribution in [1.82, 2.24) is 14.9 Å². The average Bonchev–Trinajstić information content (AvgIpc) is 3.20. The van der Waals surface area contributed by atoms with Crippen LogP contribution in [0.3, 0.4) is 0 Å². The van der Waals surface area contributed by atoms with E-state index in [0.29, 0.717) is 38.5 Å². The lowest BCUT2D eigenvalue weighted by Crippen LogP contribution is -2.56. The highest BCUT2D eigenvalue weighted by molar-refractivity contribution is 5.33. The van der Waals surface area contributed by atoms with Gasteiger partial charge in [0.2, 0.25) is 5.95 Å². The van der Waals surface area contributed by atoms with E-state index in [9.17, 15) is 8.78 Å². The molecule has 0 radical (unpaired) electrons. The third kappa shape index (κ3) is 3.01. The van der Waals surface area contributed by atoms with E-state index in [1.54, 1.807) is 18.5 Å². The molecule has 4 rings (SSSR count). The summed E-state index contributed by atoms with van der Waals surface area (Å²) in [7, 11) is 0. The molecule has 2 aromatic rings. The molecule has 0 saturated carbocycles. The van der Waals surface area contributed by atoms with Crippen molar-refractivity contribution in [2.75, 3.05) is 31.1 Å². The molecule has 2 aliphatic rings. The van der Waals surface area contributed by atoms with Gasteiger partial charge in [-0.3, -0.25) is 4.90 Å². The Morgan fingerprint density at radius 2 is 1.92 bits per heavy atom. The molecule has 1 atom stereocenters. The first-order chi connectivity index (χ1) is 12.0. The van der Waals surface area contributed by atoms with E-state index in [4.69, 9.17) is 4.42 Å². The third-order valence-electron chi connectivity index (χ3n) is 5.41. The number of piperidine rings is 1. The van der Waals surface area contributed by atoms with Crippen LogP contribution in [0, 0.1) is 12.3 Å². The Kier molecular flexibility index (Phi) is 3.98. The van der Waals surface area contributed by atoms with Gasteiger partial charge in [-0.1, -0.05) is 0 Å². The van der Waals surface area contributed by atoms with Crippen LogP contribution in [0.5, 0.6) is 0 Å². The molecule has 0 unspecified atom stereocenters. The van der Waals surface area contributed by atoms with Gasteiger partial charge in [0, 0.05) is 45.0 Å². The smallest absolute Gasteiger partial charge is 0.257 e. The van der Waals surface area contributed by atoms with Gasteiger partial charge in [-0.15, -0.1) is 0 Å². The zero-order chi connectivity index (χ0) is 17.5. The van der Waals surface area contributed by atoms with Crippen molar-refractivity contribution in [3.8, 4) is 0 Å². The Morgan fingerprint density at radius 3 is 2.64 bits per heavy atom. The molecule has 0 bridgehead atoms. The van der Waals surface area contributed by atoms with E-state index >= 15 is 0 Å². The molecule has 2 aromatic heterocycles. The molecule has 1 spiro atoms. The van der Waals surface area contributed by atoms with E-state index < -0.39 is 11.3 Å². The van der Waals surface area contributed by atoms with Gasteiger partial charge in [0.25, 0.3) is 5.92 Å². The van der Waals surface area contributed by atoms with Crippen LogP contribution in [0.2, 0.25) is 0 Å². The minimum absolute atomic E-state index is 0.115. The van der Waals surface area contributed by atoms with E-state index in [2.05, 4.69) is 14.9 Å². The van der Waals surface area contributed by atoms with Crippen molar-refractivity contribution < 1.29 is 13.2 Å². The first-order valence-electron chi connectivity index (χ1n) is 8.65. The second kappa shape index (κ2) is 6.05. The van der Waals surface area contributed by atoms with E-state index in [1.807, 2.05) is 24.0 Å². The SMILES string of the molecule is Cc1ccc(CN2CCC(F)(F)[C@@]3(CCN(c4ncccn4)C3)C2)o1. The van der Waals surface area contributed by atoms with Crippen molar-refractivity contribution >= 4 is 5.95 Å². The van der Waals surface area contributed by atoms with Crippen LogP contribution in [0.25, 0.3) is 0 Å². The monoisotopic (exact) mass is 348 g/mol. The zero-order valence-corrected chi connectivity index (χ0v) is 14.3. The summed E-state index contributed by atoms with van der Waals surface area (Å²) in [5, 5.41) is 0. The normalized spacial score (nSPS) is 26.4. The molecule has 4 heterocycles. The average molecular weight is 348 g/mol. The van der Waals surface area contributed by atoms with Crippen LogP contribution in [0.1, 0.15) is 24.4 Å². The maximum Gasteiger partial charge on any atom is 0.257 e. The van der Waals surface area contributed by atoms with Gasteiger partial charge >= 0.3 is 0 Å². The Labute approximate surface area is 145 Å². The highest BCUT2D eigenvalue weighted by atomic mass is 19.3. The summed E-state index contributed by atoms with van der Waals surface area (Å²) in [6, 6.07) is 5.57. The predicted octanol–water partition coefficient (Wildman–Crippen LogP) is 3.12. The number of anilines is 1. The second-order valence-electron chi connectivity index (χ2n) is 7.18. The summed E-state index contributed by atoms with van der Waals surface area (Å²) in [4.78, 5) is 12.4. The molecule has 5 nitrogen and oxygen atoms in total. The Morgan fingerprint density at radius 1 is 1.12 bits per heavy atom. The molecule has 2 saturated heterocycles. The molecule has 134 valence electrons. The van der Waals surface area contributed by atoms with Gasteiger partial charge in [-0.2, -0.15) is 0 Å². The maximum atomic E-state index is 14.9. The van der Waals surface area contributed by atoms with Gasteiger partial charge < -0.3 is 9.32 Å².